The summed E-state index contributed by atoms with van der Waals surface area (Å²) < 4.78 is 7.52. The van der Waals surface area contributed by atoms with Gasteiger partial charge in [0.15, 0.2) is 6.29 Å². The lowest BCUT2D eigenvalue weighted by Gasteiger charge is -2.37. The highest BCUT2D eigenvalue weighted by Gasteiger charge is 2.34. The van der Waals surface area contributed by atoms with Gasteiger partial charge in [0.25, 0.3) is 0 Å². The molecule has 1 aliphatic carbocycles. The summed E-state index contributed by atoms with van der Waals surface area (Å²) in [5.74, 6) is 1.30. The zero-order valence-corrected chi connectivity index (χ0v) is 14.0. The molecule has 1 aliphatic rings. The van der Waals surface area contributed by atoms with E-state index in [2.05, 4.69) is 20.8 Å². The Morgan fingerprint density at radius 1 is 1.36 bits per heavy atom. The molecular formula is C18H27NO3. The third-order valence-corrected chi connectivity index (χ3v) is 4.92. The van der Waals surface area contributed by atoms with Crippen LogP contribution in [0.4, 0.5) is 0 Å². The summed E-state index contributed by atoms with van der Waals surface area (Å²) in [4.78, 5) is 23.5. The molecule has 4 nitrogen and oxygen atoms in total. The fraction of sp³-hybridized carbons (Fsp3) is 0.667. The lowest BCUT2D eigenvalue weighted by atomic mass is 9.75. The largest absolute Gasteiger partial charge is 0.461 e. The number of rotatable bonds is 5. The molecule has 4 atom stereocenters. The number of carbonyl (C=O) groups excluding carboxylic acids is 2. The summed E-state index contributed by atoms with van der Waals surface area (Å²) >= 11 is 0. The van der Waals surface area contributed by atoms with Crippen molar-refractivity contribution in [2.75, 3.05) is 0 Å². The molecular weight excluding hydrogens is 278 g/mol. The molecule has 1 saturated carbocycles. The van der Waals surface area contributed by atoms with Gasteiger partial charge in [0.2, 0.25) is 0 Å². The summed E-state index contributed by atoms with van der Waals surface area (Å²) in [6, 6.07) is 3.00. The Balaban J connectivity index is 2.07. The smallest absolute Gasteiger partial charge is 0.329 e. The summed E-state index contributed by atoms with van der Waals surface area (Å²) in [5.41, 5.74) is 0.502. The van der Waals surface area contributed by atoms with Crippen molar-refractivity contribution in [1.29, 1.82) is 0 Å². The molecule has 0 spiro atoms. The zero-order chi connectivity index (χ0) is 16.3. The van der Waals surface area contributed by atoms with E-state index >= 15 is 0 Å². The van der Waals surface area contributed by atoms with Crippen molar-refractivity contribution in [3.63, 3.8) is 0 Å². The van der Waals surface area contributed by atoms with Crippen molar-refractivity contribution >= 4 is 12.3 Å². The van der Waals surface area contributed by atoms with Crippen molar-refractivity contribution in [2.45, 2.75) is 59.1 Å². The van der Waals surface area contributed by atoms with Gasteiger partial charge in [-0.15, -0.1) is 0 Å². The average Bonchev–Trinajstić information content (AvgIpc) is 2.94. The molecule has 1 heterocycles. The van der Waals surface area contributed by atoms with Crippen LogP contribution in [0.5, 0.6) is 0 Å². The van der Waals surface area contributed by atoms with Crippen LogP contribution in [0.15, 0.2) is 18.3 Å². The van der Waals surface area contributed by atoms with Gasteiger partial charge in [-0.2, -0.15) is 0 Å². The molecule has 4 heteroatoms. The first-order valence-corrected chi connectivity index (χ1v) is 8.26. The highest BCUT2D eigenvalue weighted by molar-refractivity contribution is 5.77. The lowest BCUT2D eigenvalue weighted by Crippen LogP contribution is -2.37. The normalized spacial score (nSPS) is 26.7. The fourth-order valence-corrected chi connectivity index (χ4v) is 3.47. The minimum absolute atomic E-state index is 0.00561. The van der Waals surface area contributed by atoms with Crippen molar-refractivity contribution in [2.24, 2.45) is 17.8 Å². The Bertz CT molecular complexity index is 520. The molecule has 0 bridgehead atoms. The Morgan fingerprint density at radius 2 is 2.09 bits per heavy atom. The molecule has 0 saturated heterocycles. The Labute approximate surface area is 132 Å². The Hall–Kier alpha value is -1.58. The van der Waals surface area contributed by atoms with Crippen molar-refractivity contribution in [3.05, 3.63) is 24.0 Å². The molecule has 4 unspecified atom stereocenters. The minimum Gasteiger partial charge on any atom is -0.461 e. The van der Waals surface area contributed by atoms with E-state index in [0.717, 1.165) is 19.1 Å². The monoisotopic (exact) mass is 305 g/mol. The topological polar surface area (TPSA) is 48.3 Å². The van der Waals surface area contributed by atoms with Crippen LogP contribution in [0, 0.1) is 17.8 Å². The first-order chi connectivity index (χ1) is 10.4. The number of ether oxygens (including phenoxy) is 1. The number of aldehydes is 1. The number of carbonyl (C=O) groups is 2. The molecule has 0 aliphatic heterocycles. The summed E-state index contributed by atoms with van der Waals surface area (Å²) in [6.45, 7) is 8.39. The van der Waals surface area contributed by atoms with Crippen LogP contribution in [0.1, 0.15) is 63.5 Å². The number of aromatic nitrogens is 1. The third kappa shape index (κ3) is 3.60. The van der Waals surface area contributed by atoms with Crippen LogP contribution in [0.25, 0.3) is 0 Å². The van der Waals surface area contributed by atoms with Crippen LogP contribution in [0.2, 0.25) is 0 Å². The minimum atomic E-state index is -0.472. The molecule has 0 amide bonds. The third-order valence-electron chi connectivity index (χ3n) is 4.92. The maximum absolute atomic E-state index is 12.5. The molecule has 1 aromatic rings. The lowest BCUT2D eigenvalue weighted by molar-refractivity contribution is -0.159. The molecule has 0 N–H and O–H groups in total. The van der Waals surface area contributed by atoms with E-state index in [1.165, 1.54) is 6.42 Å². The first kappa shape index (κ1) is 16.8. The van der Waals surface area contributed by atoms with E-state index < -0.39 is 6.04 Å². The van der Waals surface area contributed by atoms with E-state index in [1.807, 2.05) is 0 Å². The van der Waals surface area contributed by atoms with Gasteiger partial charge in [-0.1, -0.05) is 27.2 Å². The van der Waals surface area contributed by atoms with E-state index in [0.29, 0.717) is 23.4 Å². The molecule has 122 valence electrons. The molecule has 2 rings (SSSR count). The maximum Gasteiger partial charge on any atom is 0.329 e. The van der Waals surface area contributed by atoms with Crippen LogP contribution in [-0.4, -0.2) is 22.9 Å². The number of hydrogen-bond donors (Lipinski definition) is 0. The molecule has 0 aromatic carbocycles. The second kappa shape index (κ2) is 7.12. The summed E-state index contributed by atoms with van der Waals surface area (Å²) in [7, 11) is 0. The number of hydrogen-bond acceptors (Lipinski definition) is 3. The van der Waals surface area contributed by atoms with Gasteiger partial charge >= 0.3 is 5.97 Å². The van der Waals surface area contributed by atoms with Crippen molar-refractivity contribution < 1.29 is 14.3 Å². The Kier molecular flexibility index (Phi) is 5.43. The van der Waals surface area contributed by atoms with Gasteiger partial charge < -0.3 is 9.30 Å². The van der Waals surface area contributed by atoms with E-state index in [1.54, 1.807) is 29.8 Å². The Morgan fingerprint density at radius 3 is 2.73 bits per heavy atom. The molecule has 1 fully saturated rings. The van der Waals surface area contributed by atoms with Crippen LogP contribution in [0.3, 0.4) is 0 Å². The maximum atomic E-state index is 12.5. The van der Waals surface area contributed by atoms with Crippen LogP contribution in [-0.2, 0) is 9.53 Å². The number of esters is 1. The van der Waals surface area contributed by atoms with Crippen LogP contribution >= 0.6 is 0 Å². The van der Waals surface area contributed by atoms with E-state index in [-0.39, 0.29) is 12.1 Å². The summed E-state index contributed by atoms with van der Waals surface area (Å²) in [6.07, 6.45) is 5.78. The van der Waals surface area contributed by atoms with Gasteiger partial charge in [0, 0.05) is 6.20 Å². The quantitative estimate of drug-likeness (QED) is 0.613. The van der Waals surface area contributed by atoms with Crippen molar-refractivity contribution in [1.82, 2.24) is 4.57 Å². The van der Waals surface area contributed by atoms with Gasteiger partial charge in [0.05, 0.1) is 5.69 Å². The number of nitrogens with zero attached hydrogens (tertiary/aromatic N) is 1. The SMILES string of the molecule is CC1CCC(C(C)C)C(OC(=O)C(C)n2cccc2C=O)C1. The predicted molar refractivity (Wildman–Crippen MR) is 85.8 cm³/mol. The fourth-order valence-electron chi connectivity index (χ4n) is 3.47. The van der Waals surface area contributed by atoms with Crippen molar-refractivity contribution in [3.8, 4) is 0 Å². The standard InChI is InChI=1S/C18H27NO3/c1-12(2)16-8-7-13(3)10-17(16)22-18(21)14(4)19-9-5-6-15(19)11-20/h5-6,9,11-14,16-17H,7-8,10H2,1-4H3. The highest BCUT2D eigenvalue weighted by Crippen LogP contribution is 2.35. The van der Waals surface area contributed by atoms with Gasteiger partial charge in [0.1, 0.15) is 12.1 Å². The first-order valence-electron chi connectivity index (χ1n) is 8.26. The zero-order valence-electron chi connectivity index (χ0n) is 14.0. The highest BCUT2D eigenvalue weighted by atomic mass is 16.5. The predicted octanol–water partition coefficient (Wildman–Crippen LogP) is 3.87. The second-order valence-electron chi connectivity index (χ2n) is 6.94. The van der Waals surface area contributed by atoms with Crippen LogP contribution < -0.4 is 0 Å². The molecule has 1 aromatic heterocycles. The second-order valence-corrected chi connectivity index (χ2v) is 6.94. The van der Waals surface area contributed by atoms with Gasteiger partial charge in [-0.25, -0.2) is 4.79 Å². The summed E-state index contributed by atoms with van der Waals surface area (Å²) in [5, 5.41) is 0. The van der Waals surface area contributed by atoms with Gasteiger partial charge in [-0.05, 0) is 49.7 Å². The molecule has 0 radical (unpaired) electrons. The average molecular weight is 305 g/mol. The van der Waals surface area contributed by atoms with Gasteiger partial charge in [-0.3, -0.25) is 4.79 Å². The van der Waals surface area contributed by atoms with E-state index in [9.17, 15) is 9.59 Å². The molecule has 22 heavy (non-hydrogen) atoms. The van der Waals surface area contributed by atoms with E-state index in [4.69, 9.17) is 4.74 Å².